The first-order valence-electron chi connectivity index (χ1n) is 9.54. The number of hydrogen-bond donors (Lipinski definition) is 1. The SMILES string of the molecule is O=C(c1cccc(S(=O)(=O)N2CCc3sccc3C2)c1)N1CCCC(CO)C1. The minimum absolute atomic E-state index is 0.0672. The van der Waals surface area contributed by atoms with Crippen LogP contribution in [0, 0.1) is 5.92 Å². The number of piperidine rings is 1. The van der Waals surface area contributed by atoms with Gasteiger partial charge in [0, 0.05) is 43.2 Å². The largest absolute Gasteiger partial charge is 0.396 e. The molecule has 3 heterocycles. The highest BCUT2D eigenvalue weighted by molar-refractivity contribution is 7.89. The lowest BCUT2D eigenvalue weighted by atomic mass is 9.98. The van der Waals surface area contributed by atoms with Gasteiger partial charge in [0.05, 0.1) is 4.90 Å². The summed E-state index contributed by atoms with van der Waals surface area (Å²) < 4.78 is 27.8. The molecule has 0 saturated carbocycles. The van der Waals surface area contributed by atoms with E-state index >= 15 is 0 Å². The number of benzene rings is 1. The third-order valence-corrected chi connectivity index (χ3v) is 8.42. The summed E-state index contributed by atoms with van der Waals surface area (Å²) in [5.74, 6) is -0.0771. The van der Waals surface area contributed by atoms with Gasteiger partial charge in [-0.15, -0.1) is 11.3 Å². The molecule has 8 heteroatoms. The Balaban J connectivity index is 1.55. The van der Waals surface area contributed by atoms with Gasteiger partial charge in [0.15, 0.2) is 0 Å². The van der Waals surface area contributed by atoms with E-state index in [0.29, 0.717) is 31.7 Å². The van der Waals surface area contributed by atoms with Crippen LogP contribution in [0.5, 0.6) is 0 Å². The number of carbonyl (C=O) groups is 1. The molecule has 6 nitrogen and oxygen atoms in total. The van der Waals surface area contributed by atoms with E-state index in [1.165, 1.54) is 15.2 Å². The van der Waals surface area contributed by atoms with Crippen LogP contribution in [-0.4, -0.2) is 54.9 Å². The number of hydrogen-bond acceptors (Lipinski definition) is 5. The van der Waals surface area contributed by atoms with Crippen molar-refractivity contribution in [3.05, 3.63) is 51.7 Å². The van der Waals surface area contributed by atoms with Gasteiger partial charge in [0.2, 0.25) is 10.0 Å². The average Bonchev–Trinajstić information content (AvgIpc) is 3.21. The minimum Gasteiger partial charge on any atom is -0.396 e. The molecule has 1 atom stereocenters. The lowest BCUT2D eigenvalue weighted by Gasteiger charge is -2.32. The van der Waals surface area contributed by atoms with Crippen molar-refractivity contribution in [3.63, 3.8) is 0 Å². The number of likely N-dealkylation sites (tertiary alicyclic amines) is 1. The molecule has 2 aliphatic heterocycles. The molecule has 150 valence electrons. The van der Waals surface area contributed by atoms with Gasteiger partial charge in [-0.1, -0.05) is 6.07 Å². The summed E-state index contributed by atoms with van der Waals surface area (Å²) in [6.07, 6.45) is 2.49. The van der Waals surface area contributed by atoms with Crippen LogP contribution in [0.3, 0.4) is 0 Å². The Morgan fingerprint density at radius 3 is 2.93 bits per heavy atom. The van der Waals surface area contributed by atoms with Crippen LogP contribution in [-0.2, 0) is 23.0 Å². The molecule has 4 rings (SSSR count). The summed E-state index contributed by atoms with van der Waals surface area (Å²) in [5, 5.41) is 11.4. The quantitative estimate of drug-likeness (QED) is 0.824. The van der Waals surface area contributed by atoms with Crippen molar-refractivity contribution in [1.82, 2.24) is 9.21 Å². The summed E-state index contributed by atoms with van der Waals surface area (Å²) in [5.41, 5.74) is 1.45. The van der Waals surface area contributed by atoms with E-state index in [2.05, 4.69) is 0 Å². The summed E-state index contributed by atoms with van der Waals surface area (Å²) in [6, 6.07) is 8.32. The zero-order valence-corrected chi connectivity index (χ0v) is 17.2. The number of fused-ring (bicyclic) bond motifs is 1. The van der Waals surface area contributed by atoms with Gasteiger partial charge in [-0.3, -0.25) is 4.79 Å². The fourth-order valence-corrected chi connectivity index (χ4v) is 6.30. The highest BCUT2D eigenvalue weighted by Gasteiger charge is 2.30. The molecular formula is C20H24N2O4S2. The maximum absolute atomic E-state index is 13.1. The zero-order chi connectivity index (χ0) is 19.7. The molecule has 1 aromatic heterocycles. The van der Waals surface area contributed by atoms with Crippen molar-refractivity contribution in [1.29, 1.82) is 0 Å². The van der Waals surface area contributed by atoms with E-state index in [-0.39, 0.29) is 23.3 Å². The van der Waals surface area contributed by atoms with Gasteiger partial charge in [0.25, 0.3) is 5.91 Å². The summed E-state index contributed by atoms with van der Waals surface area (Å²) >= 11 is 1.67. The van der Waals surface area contributed by atoms with E-state index in [0.717, 1.165) is 24.8 Å². The Kier molecular flexibility index (Phi) is 5.55. The van der Waals surface area contributed by atoms with Crippen LogP contribution >= 0.6 is 11.3 Å². The summed E-state index contributed by atoms with van der Waals surface area (Å²) in [4.78, 5) is 16.0. The fourth-order valence-electron chi connectivity index (χ4n) is 3.95. The smallest absolute Gasteiger partial charge is 0.253 e. The maximum Gasteiger partial charge on any atom is 0.253 e. The number of aliphatic hydroxyl groups is 1. The first-order valence-corrected chi connectivity index (χ1v) is 11.9. The predicted octanol–water partition coefficient (Wildman–Crippen LogP) is 2.34. The monoisotopic (exact) mass is 420 g/mol. The number of nitrogens with zero attached hydrogens (tertiary/aromatic N) is 2. The molecule has 2 aliphatic rings. The molecule has 1 amide bonds. The van der Waals surface area contributed by atoms with E-state index < -0.39 is 10.0 Å². The summed E-state index contributed by atoms with van der Waals surface area (Å²) in [6.45, 7) is 2.05. The Hall–Kier alpha value is -1.74. The maximum atomic E-state index is 13.1. The normalized spacial score (nSPS) is 20.8. The van der Waals surface area contributed by atoms with E-state index in [4.69, 9.17) is 0 Å². The topological polar surface area (TPSA) is 77.9 Å². The van der Waals surface area contributed by atoms with Gasteiger partial charge < -0.3 is 10.0 Å². The number of amides is 1. The third-order valence-electron chi connectivity index (χ3n) is 5.56. The molecular weight excluding hydrogens is 396 g/mol. The molecule has 1 aromatic carbocycles. The molecule has 0 aliphatic carbocycles. The molecule has 0 bridgehead atoms. The van der Waals surface area contributed by atoms with Gasteiger partial charge in [-0.25, -0.2) is 8.42 Å². The van der Waals surface area contributed by atoms with Crippen molar-refractivity contribution >= 4 is 27.3 Å². The highest BCUT2D eigenvalue weighted by Crippen LogP contribution is 2.28. The van der Waals surface area contributed by atoms with E-state index in [9.17, 15) is 18.3 Å². The number of carbonyl (C=O) groups excluding carboxylic acids is 1. The Morgan fingerprint density at radius 2 is 2.11 bits per heavy atom. The minimum atomic E-state index is -3.66. The predicted molar refractivity (Wildman–Crippen MR) is 108 cm³/mol. The number of rotatable bonds is 4. The summed E-state index contributed by atoms with van der Waals surface area (Å²) in [7, 11) is -3.66. The lowest BCUT2D eigenvalue weighted by molar-refractivity contribution is 0.0620. The van der Waals surface area contributed by atoms with Crippen LogP contribution in [0.25, 0.3) is 0 Å². The Morgan fingerprint density at radius 1 is 1.25 bits per heavy atom. The Bertz CT molecular complexity index is 970. The lowest BCUT2D eigenvalue weighted by Crippen LogP contribution is -2.41. The average molecular weight is 421 g/mol. The van der Waals surface area contributed by atoms with Crippen LogP contribution in [0.15, 0.2) is 40.6 Å². The molecule has 0 radical (unpaired) electrons. The van der Waals surface area contributed by atoms with Crippen molar-refractivity contribution in [2.75, 3.05) is 26.2 Å². The second kappa shape index (κ2) is 7.94. The van der Waals surface area contributed by atoms with Crippen molar-refractivity contribution in [2.24, 2.45) is 5.92 Å². The number of aliphatic hydroxyl groups excluding tert-OH is 1. The molecule has 1 N–H and O–H groups in total. The van der Waals surface area contributed by atoms with Crippen LogP contribution < -0.4 is 0 Å². The van der Waals surface area contributed by atoms with Gasteiger partial charge in [-0.2, -0.15) is 4.31 Å². The first kappa shape index (κ1) is 19.6. The number of sulfonamides is 1. The highest BCUT2D eigenvalue weighted by atomic mass is 32.2. The third kappa shape index (κ3) is 3.74. The molecule has 28 heavy (non-hydrogen) atoms. The van der Waals surface area contributed by atoms with Crippen LogP contribution in [0.1, 0.15) is 33.6 Å². The Labute approximate surface area is 169 Å². The number of thiophene rings is 1. The molecule has 1 fully saturated rings. The molecule has 2 aromatic rings. The van der Waals surface area contributed by atoms with Gasteiger partial charge in [-0.05, 0) is 60.4 Å². The second-order valence-corrected chi connectivity index (χ2v) is 10.4. The van der Waals surface area contributed by atoms with Crippen LogP contribution in [0.2, 0.25) is 0 Å². The van der Waals surface area contributed by atoms with E-state index in [1.807, 2.05) is 11.4 Å². The second-order valence-electron chi connectivity index (χ2n) is 7.43. The molecule has 1 unspecified atom stereocenters. The molecule has 0 spiro atoms. The first-order chi connectivity index (χ1) is 13.5. The fraction of sp³-hybridized carbons (Fsp3) is 0.450. The van der Waals surface area contributed by atoms with Crippen LogP contribution in [0.4, 0.5) is 0 Å². The van der Waals surface area contributed by atoms with Crippen molar-refractivity contribution in [2.45, 2.75) is 30.7 Å². The zero-order valence-electron chi connectivity index (χ0n) is 15.6. The van der Waals surface area contributed by atoms with E-state index in [1.54, 1.807) is 34.4 Å². The van der Waals surface area contributed by atoms with Crippen molar-refractivity contribution < 1.29 is 18.3 Å². The van der Waals surface area contributed by atoms with Gasteiger partial charge in [0.1, 0.15) is 0 Å². The van der Waals surface area contributed by atoms with Crippen molar-refractivity contribution in [3.8, 4) is 0 Å². The standard InChI is InChI=1S/C20H24N2O4S2/c23-14-15-3-2-8-21(12-15)20(24)16-4-1-5-18(11-16)28(25,26)22-9-6-19-17(13-22)7-10-27-19/h1,4-5,7,10-11,15,23H,2-3,6,8-9,12-14H2. The molecule has 1 saturated heterocycles. The van der Waals surface area contributed by atoms with Gasteiger partial charge >= 0.3 is 0 Å².